The first-order valence-electron chi connectivity index (χ1n) is 7.03. The van der Waals surface area contributed by atoms with Gasteiger partial charge in [0, 0.05) is 37.9 Å². The molecule has 20 heavy (non-hydrogen) atoms. The molecule has 0 N–H and O–H groups in total. The molecule has 108 valence electrons. The summed E-state index contributed by atoms with van der Waals surface area (Å²) in [6, 6.07) is 9.79. The lowest BCUT2D eigenvalue weighted by atomic mass is 10.1. The fourth-order valence-corrected chi connectivity index (χ4v) is 2.16. The summed E-state index contributed by atoms with van der Waals surface area (Å²) in [6.07, 6.45) is 0. The lowest BCUT2D eigenvalue weighted by Crippen LogP contribution is -2.30. The highest BCUT2D eigenvalue weighted by molar-refractivity contribution is 5.94. The quantitative estimate of drug-likeness (QED) is 0.800. The Bertz CT molecular complexity index is 471. The largest absolute Gasteiger partial charge is 0.372 e. The number of amides is 1. The maximum atomic E-state index is 12.2. The third kappa shape index (κ3) is 3.99. The fourth-order valence-electron chi connectivity index (χ4n) is 2.16. The van der Waals surface area contributed by atoms with E-state index in [-0.39, 0.29) is 11.8 Å². The van der Waals surface area contributed by atoms with Crippen LogP contribution in [0.1, 0.15) is 31.1 Å². The summed E-state index contributed by atoms with van der Waals surface area (Å²) < 4.78 is 0. The molecule has 0 aromatic heterocycles. The van der Waals surface area contributed by atoms with Gasteiger partial charge in [0.15, 0.2) is 0 Å². The number of rotatable bonds is 6. The molecular formula is C16H23N3O. The van der Waals surface area contributed by atoms with Crippen molar-refractivity contribution in [1.29, 1.82) is 5.26 Å². The summed E-state index contributed by atoms with van der Waals surface area (Å²) in [5.74, 6) is -0.197. The molecule has 0 spiro atoms. The molecule has 0 aliphatic carbocycles. The van der Waals surface area contributed by atoms with Gasteiger partial charge in [0.1, 0.15) is 0 Å². The number of nitrogens with zero attached hydrogens (tertiary/aromatic N) is 3. The molecule has 0 aliphatic heterocycles. The van der Waals surface area contributed by atoms with Crippen molar-refractivity contribution in [2.45, 2.75) is 20.8 Å². The van der Waals surface area contributed by atoms with Crippen molar-refractivity contribution < 1.29 is 4.79 Å². The Morgan fingerprint density at radius 3 is 2.25 bits per heavy atom. The Kier molecular flexibility index (Phi) is 6.05. The molecule has 0 heterocycles. The zero-order valence-corrected chi connectivity index (χ0v) is 12.8. The lowest BCUT2D eigenvalue weighted by molar-refractivity contribution is 0.0785. The van der Waals surface area contributed by atoms with Crippen LogP contribution >= 0.6 is 0 Å². The SMILES string of the molecule is CCN(CC)c1ccc(C(=O)N(C)CC(C)C#N)cc1. The van der Waals surface area contributed by atoms with E-state index in [1.165, 1.54) is 0 Å². The van der Waals surface area contributed by atoms with Gasteiger partial charge in [-0.1, -0.05) is 0 Å². The number of nitriles is 1. The van der Waals surface area contributed by atoms with Crippen LogP contribution in [0.2, 0.25) is 0 Å². The van der Waals surface area contributed by atoms with E-state index in [4.69, 9.17) is 5.26 Å². The van der Waals surface area contributed by atoms with Gasteiger partial charge in [0.05, 0.1) is 12.0 Å². The van der Waals surface area contributed by atoms with Crippen LogP contribution in [-0.4, -0.2) is 37.5 Å². The minimum absolute atomic E-state index is 0.0433. The molecule has 0 fully saturated rings. The van der Waals surface area contributed by atoms with E-state index in [2.05, 4.69) is 24.8 Å². The van der Waals surface area contributed by atoms with Crippen molar-refractivity contribution in [2.75, 3.05) is 31.6 Å². The molecule has 1 amide bonds. The number of anilines is 1. The van der Waals surface area contributed by atoms with Crippen molar-refractivity contribution in [3.05, 3.63) is 29.8 Å². The van der Waals surface area contributed by atoms with Gasteiger partial charge in [-0.2, -0.15) is 5.26 Å². The summed E-state index contributed by atoms with van der Waals surface area (Å²) >= 11 is 0. The van der Waals surface area contributed by atoms with Crippen molar-refractivity contribution in [2.24, 2.45) is 5.92 Å². The third-order valence-electron chi connectivity index (χ3n) is 3.36. The summed E-state index contributed by atoms with van der Waals surface area (Å²) in [7, 11) is 1.73. The standard InChI is InChI=1S/C16H23N3O/c1-5-19(6-2)15-9-7-14(8-10-15)16(20)18(4)12-13(3)11-17/h7-10,13H,5-6,12H2,1-4H3. The van der Waals surface area contributed by atoms with Gasteiger partial charge in [-0.25, -0.2) is 0 Å². The van der Waals surface area contributed by atoms with Crippen LogP contribution in [0.3, 0.4) is 0 Å². The monoisotopic (exact) mass is 273 g/mol. The average Bonchev–Trinajstić information content (AvgIpc) is 2.48. The highest BCUT2D eigenvalue weighted by Gasteiger charge is 2.14. The van der Waals surface area contributed by atoms with E-state index in [0.717, 1.165) is 18.8 Å². The van der Waals surface area contributed by atoms with E-state index in [1.807, 2.05) is 31.2 Å². The Balaban J connectivity index is 2.78. The molecule has 1 unspecified atom stereocenters. The van der Waals surface area contributed by atoms with Crippen LogP contribution < -0.4 is 4.90 Å². The third-order valence-corrected chi connectivity index (χ3v) is 3.36. The normalized spacial score (nSPS) is 11.6. The zero-order valence-electron chi connectivity index (χ0n) is 12.8. The van der Waals surface area contributed by atoms with Crippen molar-refractivity contribution >= 4 is 11.6 Å². The molecule has 4 heteroatoms. The maximum Gasteiger partial charge on any atom is 0.253 e. The summed E-state index contributed by atoms with van der Waals surface area (Å²) in [6.45, 7) is 8.38. The lowest BCUT2D eigenvalue weighted by Gasteiger charge is -2.22. The molecule has 1 aromatic rings. The summed E-state index contributed by atoms with van der Waals surface area (Å²) in [5.41, 5.74) is 1.79. The van der Waals surface area contributed by atoms with Crippen LogP contribution in [0.5, 0.6) is 0 Å². The van der Waals surface area contributed by atoms with Gasteiger partial charge < -0.3 is 9.80 Å². The van der Waals surface area contributed by atoms with Gasteiger partial charge in [-0.15, -0.1) is 0 Å². The zero-order chi connectivity index (χ0) is 15.1. The van der Waals surface area contributed by atoms with Crippen LogP contribution in [0, 0.1) is 17.2 Å². The second kappa shape index (κ2) is 7.54. The number of hydrogen-bond acceptors (Lipinski definition) is 3. The fraction of sp³-hybridized carbons (Fsp3) is 0.500. The van der Waals surface area contributed by atoms with E-state index in [1.54, 1.807) is 11.9 Å². The topological polar surface area (TPSA) is 47.3 Å². The van der Waals surface area contributed by atoms with E-state index in [0.29, 0.717) is 12.1 Å². The first-order valence-corrected chi connectivity index (χ1v) is 7.03. The van der Waals surface area contributed by atoms with E-state index >= 15 is 0 Å². The van der Waals surface area contributed by atoms with Crippen LogP contribution in [0.15, 0.2) is 24.3 Å². The predicted molar refractivity (Wildman–Crippen MR) is 81.7 cm³/mol. The van der Waals surface area contributed by atoms with Gasteiger partial charge in [0.25, 0.3) is 5.91 Å². The molecular weight excluding hydrogens is 250 g/mol. The van der Waals surface area contributed by atoms with Gasteiger partial charge in [-0.05, 0) is 45.0 Å². The number of benzene rings is 1. The smallest absolute Gasteiger partial charge is 0.253 e. The first-order chi connectivity index (χ1) is 9.53. The Labute approximate surface area is 121 Å². The van der Waals surface area contributed by atoms with Crippen LogP contribution in [0.25, 0.3) is 0 Å². The van der Waals surface area contributed by atoms with Gasteiger partial charge >= 0.3 is 0 Å². The highest BCUT2D eigenvalue weighted by Crippen LogP contribution is 2.16. The van der Waals surface area contributed by atoms with Crippen LogP contribution in [0.4, 0.5) is 5.69 Å². The molecule has 0 radical (unpaired) electrons. The van der Waals surface area contributed by atoms with Gasteiger partial charge in [-0.3, -0.25) is 4.79 Å². The van der Waals surface area contributed by atoms with Gasteiger partial charge in [0.2, 0.25) is 0 Å². The average molecular weight is 273 g/mol. The van der Waals surface area contributed by atoms with Crippen molar-refractivity contribution in [3.8, 4) is 6.07 Å². The summed E-state index contributed by atoms with van der Waals surface area (Å²) in [5, 5.41) is 8.79. The molecule has 1 rings (SSSR count). The highest BCUT2D eigenvalue weighted by atomic mass is 16.2. The molecule has 4 nitrogen and oxygen atoms in total. The number of hydrogen-bond donors (Lipinski definition) is 0. The Hall–Kier alpha value is -2.02. The maximum absolute atomic E-state index is 12.2. The first kappa shape index (κ1) is 16.0. The molecule has 0 bridgehead atoms. The van der Waals surface area contributed by atoms with Crippen LogP contribution in [-0.2, 0) is 0 Å². The molecule has 1 aromatic carbocycles. The van der Waals surface area contributed by atoms with E-state index in [9.17, 15) is 4.79 Å². The Morgan fingerprint density at radius 2 is 1.80 bits per heavy atom. The number of carbonyl (C=O) groups excluding carboxylic acids is 1. The van der Waals surface area contributed by atoms with Crippen molar-refractivity contribution in [3.63, 3.8) is 0 Å². The predicted octanol–water partition coefficient (Wildman–Crippen LogP) is 2.76. The molecule has 0 aliphatic rings. The van der Waals surface area contributed by atoms with E-state index < -0.39 is 0 Å². The molecule has 0 saturated carbocycles. The summed E-state index contributed by atoms with van der Waals surface area (Å²) in [4.78, 5) is 16.0. The molecule has 0 saturated heterocycles. The molecule has 1 atom stereocenters. The number of carbonyl (C=O) groups is 1. The second-order valence-electron chi connectivity index (χ2n) is 4.93. The minimum Gasteiger partial charge on any atom is -0.372 e. The second-order valence-corrected chi connectivity index (χ2v) is 4.93. The minimum atomic E-state index is -0.154. The Morgan fingerprint density at radius 1 is 1.25 bits per heavy atom. The van der Waals surface area contributed by atoms with Crippen molar-refractivity contribution in [1.82, 2.24) is 4.90 Å².